The minimum absolute atomic E-state index is 0.462. The first kappa shape index (κ1) is 12.8. The normalized spacial score (nSPS) is 12.6. The number of nitrogens with zero attached hydrogens (tertiary/aromatic N) is 1. The predicted octanol–water partition coefficient (Wildman–Crippen LogP) is 3.33. The molecule has 1 unspecified atom stereocenters. The Labute approximate surface area is 98.2 Å². The fourth-order valence-electron chi connectivity index (χ4n) is 1.65. The van der Waals surface area contributed by atoms with Crippen LogP contribution in [0.5, 0.6) is 5.88 Å². The lowest BCUT2D eigenvalue weighted by Crippen LogP contribution is -2.25. The van der Waals surface area contributed by atoms with Gasteiger partial charge in [0.05, 0.1) is 6.61 Å². The minimum Gasteiger partial charge on any atom is -0.478 e. The van der Waals surface area contributed by atoms with Gasteiger partial charge in [0, 0.05) is 12.1 Å². The maximum Gasteiger partial charge on any atom is 0.215 e. The summed E-state index contributed by atoms with van der Waals surface area (Å²) in [7, 11) is 0. The quantitative estimate of drug-likeness (QED) is 0.801. The molecule has 1 heterocycles. The van der Waals surface area contributed by atoms with Crippen molar-refractivity contribution in [2.75, 3.05) is 11.9 Å². The largest absolute Gasteiger partial charge is 0.478 e. The number of hydrogen-bond acceptors (Lipinski definition) is 3. The predicted molar refractivity (Wildman–Crippen MR) is 67.9 cm³/mol. The zero-order valence-electron chi connectivity index (χ0n) is 10.7. The molecule has 16 heavy (non-hydrogen) atoms. The molecule has 1 aromatic rings. The highest BCUT2D eigenvalue weighted by atomic mass is 16.5. The van der Waals surface area contributed by atoms with Crippen LogP contribution in [-0.2, 0) is 0 Å². The number of rotatable bonds is 6. The molecule has 90 valence electrons. The minimum atomic E-state index is 0.462. The Morgan fingerprint density at radius 3 is 2.62 bits per heavy atom. The first-order chi connectivity index (χ1) is 7.67. The van der Waals surface area contributed by atoms with Crippen LogP contribution in [0.25, 0.3) is 0 Å². The molecule has 3 nitrogen and oxygen atoms in total. The second kappa shape index (κ2) is 6.36. The Morgan fingerprint density at radius 1 is 1.31 bits per heavy atom. The summed E-state index contributed by atoms with van der Waals surface area (Å²) in [5.74, 6) is 2.18. The van der Waals surface area contributed by atoms with Crippen LogP contribution in [-0.4, -0.2) is 17.6 Å². The van der Waals surface area contributed by atoms with E-state index in [2.05, 4.69) is 31.1 Å². The molecule has 3 heteroatoms. The third-order valence-electron chi connectivity index (χ3n) is 2.59. The fourth-order valence-corrected chi connectivity index (χ4v) is 1.65. The average molecular weight is 222 g/mol. The Kier molecular flexibility index (Phi) is 5.09. The molecule has 1 rings (SSSR count). The van der Waals surface area contributed by atoms with Crippen molar-refractivity contribution >= 4 is 5.82 Å². The summed E-state index contributed by atoms with van der Waals surface area (Å²) in [6.07, 6.45) is 1.10. The summed E-state index contributed by atoms with van der Waals surface area (Å²) in [5.41, 5.74) is 0. The summed E-state index contributed by atoms with van der Waals surface area (Å²) in [4.78, 5) is 4.40. The Morgan fingerprint density at radius 2 is 2.06 bits per heavy atom. The van der Waals surface area contributed by atoms with Crippen LogP contribution in [0.2, 0.25) is 0 Å². The maximum atomic E-state index is 5.37. The van der Waals surface area contributed by atoms with Gasteiger partial charge < -0.3 is 10.1 Å². The van der Waals surface area contributed by atoms with E-state index in [4.69, 9.17) is 4.74 Å². The molecule has 0 saturated carbocycles. The summed E-state index contributed by atoms with van der Waals surface area (Å²) >= 11 is 0. The molecular weight excluding hydrogens is 200 g/mol. The van der Waals surface area contributed by atoms with Crippen molar-refractivity contribution in [1.82, 2.24) is 4.98 Å². The van der Waals surface area contributed by atoms with Crippen LogP contribution in [0.1, 0.15) is 34.1 Å². The third kappa shape index (κ3) is 3.72. The lowest BCUT2D eigenvalue weighted by Gasteiger charge is -2.21. The number of nitrogens with one attached hydrogen (secondary N) is 1. The van der Waals surface area contributed by atoms with E-state index in [0.29, 0.717) is 24.4 Å². The van der Waals surface area contributed by atoms with Crippen LogP contribution >= 0.6 is 0 Å². The smallest absolute Gasteiger partial charge is 0.215 e. The lowest BCUT2D eigenvalue weighted by molar-refractivity contribution is 0.327. The molecule has 0 spiro atoms. The van der Waals surface area contributed by atoms with E-state index < -0.39 is 0 Å². The van der Waals surface area contributed by atoms with E-state index in [-0.39, 0.29) is 0 Å². The van der Waals surface area contributed by atoms with Crippen molar-refractivity contribution in [2.45, 2.75) is 40.2 Å². The van der Waals surface area contributed by atoms with E-state index in [1.165, 1.54) is 0 Å². The van der Waals surface area contributed by atoms with Gasteiger partial charge in [-0.15, -0.1) is 0 Å². The number of hydrogen-bond donors (Lipinski definition) is 1. The van der Waals surface area contributed by atoms with Gasteiger partial charge in [0.1, 0.15) is 5.82 Å². The van der Waals surface area contributed by atoms with Gasteiger partial charge in [0.15, 0.2) is 0 Å². The van der Waals surface area contributed by atoms with Gasteiger partial charge in [0.2, 0.25) is 5.88 Å². The summed E-state index contributed by atoms with van der Waals surface area (Å²) in [6, 6.07) is 6.29. The van der Waals surface area contributed by atoms with E-state index in [1.54, 1.807) is 0 Å². The molecule has 0 bridgehead atoms. The topological polar surface area (TPSA) is 34.1 Å². The molecule has 0 aliphatic heterocycles. The average Bonchev–Trinajstić information content (AvgIpc) is 2.26. The van der Waals surface area contributed by atoms with Crippen molar-refractivity contribution in [2.24, 2.45) is 5.92 Å². The van der Waals surface area contributed by atoms with Crippen molar-refractivity contribution < 1.29 is 4.74 Å². The van der Waals surface area contributed by atoms with E-state index in [1.807, 2.05) is 25.1 Å². The molecule has 0 fully saturated rings. The van der Waals surface area contributed by atoms with Crippen LogP contribution in [0.4, 0.5) is 5.82 Å². The molecule has 0 aromatic carbocycles. The maximum absolute atomic E-state index is 5.37. The molecule has 0 aliphatic carbocycles. The monoisotopic (exact) mass is 222 g/mol. The molecule has 1 N–H and O–H groups in total. The van der Waals surface area contributed by atoms with Crippen LogP contribution in [0.15, 0.2) is 18.2 Å². The number of pyridine rings is 1. The van der Waals surface area contributed by atoms with E-state index >= 15 is 0 Å². The van der Waals surface area contributed by atoms with Crippen LogP contribution < -0.4 is 10.1 Å². The first-order valence-corrected chi connectivity index (χ1v) is 6.03. The highest BCUT2D eigenvalue weighted by Gasteiger charge is 2.11. The number of anilines is 1. The summed E-state index contributed by atoms with van der Waals surface area (Å²) in [5, 5.41) is 3.44. The molecular formula is C13H22N2O. The molecule has 1 aromatic heterocycles. The molecule has 1 atom stereocenters. The standard InChI is InChI=1S/C13H22N2O/c1-5-11(10(3)4)14-12-8-7-9-13(15-12)16-6-2/h7-11H,5-6H2,1-4H3,(H,14,15). The zero-order valence-corrected chi connectivity index (χ0v) is 10.7. The second-order valence-corrected chi connectivity index (χ2v) is 4.20. The molecule has 0 amide bonds. The Balaban J connectivity index is 2.68. The summed E-state index contributed by atoms with van der Waals surface area (Å²) in [6.45, 7) is 9.23. The van der Waals surface area contributed by atoms with Gasteiger partial charge in [-0.05, 0) is 25.3 Å². The third-order valence-corrected chi connectivity index (χ3v) is 2.59. The molecule has 0 saturated heterocycles. The lowest BCUT2D eigenvalue weighted by atomic mass is 10.0. The van der Waals surface area contributed by atoms with E-state index in [0.717, 1.165) is 12.2 Å². The van der Waals surface area contributed by atoms with Crippen molar-refractivity contribution in [3.05, 3.63) is 18.2 Å². The van der Waals surface area contributed by atoms with Gasteiger partial charge in [0.25, 0.3) is 0 Å². The number of aromatic nitrogens is 1. The van der Waals surface area contributed by atoms with Gasteiger partial charge >= 0.3 is 0 Å². The zero-order chi connectivity index (χ0) is 12.0. The number of ether oxygens (including phenoxy) is 1. The molecule has 0 radical (unpaired) electrons. The first-order valence-electron chi connectivity index (χ1n) is 6.03. The Bertz CT molecular complexity index is 313. The van der Waals surface area contributed by atoms with Gasteiger partial charge in [-0.1, -0.05) is 26.8 Å². The van der Waals surface area contributed by atoms with Crippen LogP contribution in [0, 0.1) is 5.92 Å². The summed E-state index contributed by atoms with van der Waals surface area (Å²) < 4.78 is 5.37. The SMILES string of the molecule is CCOc1cccc(NC(CC)C(C)C)n1. The highest BCUT2D eigenvalue weighted by molar-refractivity contribution is 5.38. The Hall–Kier alpha value is -1.25. The van der Waals surface area contributed by atoms with E-state index in [9.17, 15) is 0 Å². The second-order valence-electron chi connectivity index (χ2n) is 4.20. The fraction of sp³-hybridized carbons (Fsp3) is 0.615. The van der Waals surface area contributed by atoms with Gasteiger partial charge in [-0.2, -0.15) is 4.98 Å². The van der Waals surface area contributed by atoms with Crippen molar-refractivity contribution in [3.8, 4) is 5.88 Å². The van der Waals surface area contributed by atoms with Crippen LogP contribution in [0.3, 0.4) is 0 Å². The van der Waals surface area contributed by atoms with Crippen molar-refractivity contribution in [3.63, 3.8) is 0 Å². The van der Waals surface area contributed by atoms with Crippen molar-refractivity contribution in [1.29, 1.82) is 0 Å². The van der Waals surface area contributed by atoms with Gasteiger partial charge in [-0.3, -0.25) is 0 Å². The highest BCUT2D eigenvalue weighted by Crippen LogP contribution is 2.16. The molecule has 0 aliphatic rings. The van der Waals surface area contributed by atoms with Gasteiger partial charge in [-0.25, -0.2) is 0 Å².